The van der Waals surface area contributed by atoms with Gasteiger partial charge in [-0.25, -0.2) is 0 Å². The summed E-state index contributed by atoms with van der Waals surface area (Å²) >= 11 is 0. The van der Waals surface area contributed by atoms with Crippen molar-refractivity contribution in [2.45, 2.75) is 6.92 Å². The Hall–Kier alpha value is -2.62. The van der Waals surface area contributed by atoms with Crippen LogP contribution in [0.1, 0.15) is 23.0 Å². The maximum atomic E-state index is 12.0. The van der Waals surface area contributed by atoms with Gasteiger partial charge in [0, 0.05) is 0 Å². The normalized spacial score (nSPS) is 11.0. The minimum absolute atomic E-state index is 0.230. The van der Waals surface area contributed by atoms with Gasteiger partial charge in [-0.1, -0.05) is 24.8 Å². The molecule has 19 heavy (non-hydrogen) atoms. The van der Waals surface area contributed by atoms with Crippen molar-refractivity contribution in [3.63, 3.8) is 0 Å². The van der Waals surface area contributed by atoms with Crippen LogP contribution >= 0.6 is 0 Å². The third kappa shape index (κ3) is 2.20. The smallest absolute Gasteiger partial charge is 0.235 e. The molecule has 1 N–H and O–H groups in total. The van der Waals surface area contributed by atoms with Gasteiger partial charge in [0.25, 0.3) is 0 Å². The molecule has 2 aromatic rings. The highest BCUT2D eigenvalue weighted by Crippen LogP contribution is 2.22. The molecular formula is C15H12O4. The minimum atomic E-state index is -0.685. The molecule has 1 aromatic heterocycles. The van der Waals surface area contributed by atoms with Crippen molar-refractivity contribution in [3.8, 4) is 5.75 Å². The van der Waals surface area contributed by atoms with Crippen LogP contribution in [0.5, 0.6) is 5.75 Å². The van der Waals surface area contributed by atoms with Crippen LogP contribution in [0.3, 0.4) is 0 Å². The number of allylic oxidation sites excluding steroid dienone is 2. The van der Waals surface area contributed by atoms with Crippen molar-refractivity contribution in [2.24, 2.45) is 0 Å². The Balaban J connectivity index is 2.80. The Kier molecular flexibility index (Phi) is 3.33. The first kappa shape index (κ1) is 12.8. The zero-order valence-corrected chi connectivity index (χ0v) is 10.3. The fourth-order valence-corrected chi connectivity index (χ4v) is 1.76. The van der Waals surface area contributed by atoms with Gasteiger partial charge >= 0.3 is 0 Å². The fourth-order valence-electron chi connectivity index (χ4n) is 1.76. The molecule has 0 bridgehead atoms. The van der Waals surface area contributed by atoms with E-state index in [1.54, 1.807) is 18.2 Å². The molecular weight excluding hydrogens is 244 g/mol. The first-order valence-electron chi connectivity index (χ1n) is 5.67. The molecule has 4 nitrogen and oxygen atoms in total. The molecule has 0 spiro atoms. The summed E-state index contributed by atoms with van der Waals surface area (Å²) in [5.74, 6) is -1.70. The summed E-state index contributed by atoms with van der Waals surface area (Å²) in [4.78, 5) is 23.5. The molecule has 96 valence electrons. The van der Waals surface area contributed by atoms with E-state index in [2.05, 4.69) is 6.58 Å². The topological polar surface area (TPSA) is 67.5 Å². The maximum absolute atomic E-state index is 12.0. The molecule has 0 atom stereocenters. The molecule has 1 heterocycles. The van der Waals surface area contributed by atoms with Crippen molar-refractivity contribution in [1.82, 2.24) is 0 Å². The van der Waals surface area contributed by atoms with E-state index in [0.29, 0.717) is 0 Å². The van der Waals surface area contributed by atoms with Gasteiger partial charge in [0.1, 0.15) is 5.58 Å². The Bertz CT molecular complexity index is 751. The van der Waals surface area contributed by atoms with Gasteiger partial charge < -0.3 is 9.52 Å². The van der Waals surface area contributed by atoms with Gasteiger partial charge in [-0.3, -0.25) is 9.59 Å². The number of aromatic hydroxyl groups is 1. The van der Waals surface area contributed by atoms with Crippen LogP contribution in [0.25, 0.3) is 17.0 Å². The van der Waals surface area contributed by atoms with E-state index in [-0.39, 0.29) is 16.7 Å². The lowest BCUT2D eigenvalue weighted by molar-refractivity contribution is 0.101. The number of carbonyl (C=O) groups excluding carboxylic acids is 1. The van der Waals surface area contributed by atoms with Crippen LogP contribution < -0.4 is 5.43 Å². The molecule has 0 fully saturated rings. The first-order valence-corrected chi connectivity index (χ1v) is 5.67. The van der Waals surface area contributed by atoms with Crippen LogP contribution in [0.2, 0.25) is 0 Å². The van der Waals surface area contributed by atoms with Crippen molar-refractivity contribution >= 4 is 22.8 Å². The van der Waals surface area contributed by atoms with Crippen molar-refractivity contribution in [3.05, 3.63) is 58.5 Å². The lowest BCUT2D eigenvalue weighted by Crippen LogP contribution is -2.07. The lowest BCUT2D eigenvalue weighted by atomic mass is 10.1. The number of hydrogen-bond donors (Lipinski definition) is 1. The molecule has 0 aliphatic carbocycles. The third-order valence-electron chi connectivity index (χ3n) is 2.66. The summed E-state index contributed by atoms with van der Waals surface area (Å²) in [6.07, 6.45) is 4.63. The van der Waals surface area contributed by atoms with Crippen molar-refractivity contribution in [1.29, 1.82) is 0 Å². The van der Waals surface area contributed by atoms with Gasteiger partial charge in [-0.15, -0.1) is 0 Å². The van der Waals surface area contributed by atoms with Gasteiger partial charge in [0.05, 0.1) is 5.39 Å². The number of benzene rings is 1. The molecule has 0 aliphatic heterocycles. The lowest BCUT2D eigenvalue weighted by Gasteiger charge is -2.03. The van der Waals surface area contributed by atoms with E-state index in [1.807, 2.05) is 19.1 Å². The van der Waals surface area contributed by atoms with Gasteiger partial charge in [-0.05, 0) is 30.7 Å². The maximum Gasteiger partial charge on any atom is 0.235 e. The molecule has 1 aromatic carbocycles. The summed E-state index contributed by atoms with van der Waals surface area (Å²) in [6, 6.07) is 4.94. The van der Waals surface area contributed by atoms with Gasteiger partial charge in [0.2, 0.25) is 22.7 Å². The molecule has 0 unspecified atom stereocenters. The van der Waals surface area contributed by atoms with E-state index in [9.17, 15) is 14.7 Å². The Morgan fingerprint density at radius 1 is 1.42 bits per heavy atom. The van der Waals surface area contributed by atoms with Crippen LogP contribution in [-0.2, 0) is 0 Å². The highest BCUT2D eigenvalue weighted by molar-refractivity contribution is 6.04. The van der Waals surface area contributed by atoms with Gasteiger partial charge in [-0.2, -0.15) is 0 Å². The number of ketones is 1. The minimum Gasteiger partial charge on any atom is -0.501 e. The first-order chi connectivity index (χ1) is 9.08. The summed E-state index contributed by atoms with van der Waals surface area (Å²) < 4.78 is 5.26. The summed E-state index contributed by atoms with van der Waals surface area (Å²) in [7, 11) is 0. The quantitative estimate of drug-likeness (QED) is 0.677. The molecule has 0 radical (unpaired) electrons. The Labute approximate surface area is 109 Å². The summed E-state index contributed by atoms with van der Waals surface area (Å²) in [5, 5.41) is 9.96. The van der Waals surface area contributed by atoms with Crippen molar-refractivity contribution < 1.29 is 14.3 Å². The predicted molar refractivity (Wildman–Crippen MR) is 73.4 cm³/mol. The molecule has 0 aliphatic rings. The molecule has 4 heteroatoms. The van der Waals surface area contributed by atoms with E-state index in [1.165, 1.54) is 0 Å². The zero-order valence-electron chi connectivity index (χ0n) is 10.3. The Morgan fingerprint density at radius 3 is 2.79 bits per heavy atom. The van der Waals surface area contributed by atoms with E-state index in [4.69, 9.17) is 4.42 Å². The second kappa shape index (κ2) is 4.94. The number of carbonyl (C=O) groups is 1. The number of hydrogen-bond acceptors (Lipinski definition) is 4. The predicted octanol–water partition coefficient (Wildman–Crippen LogP) is 2.90. The van der Waals surface area contributed by atoms with Crippen LogP contribution in [0.15, 0.2) is 46.1 Å². The zero-order chi connectivity index (χ0) is 14.0. The highest BCUT2D eigenvalue weighted by atomic mass is 16.4. The second-order valence-corrected chi connectivity index (χ2v) is 3.93. The third-order valence-corrected chi connectivity index (χ3v) is 2.66. The molecule has 0 amide bonds. The summed E-state index contributed by atoms with van der Waals surface area (Å²) in [5.41, 5.74) is 0.434. The van der Waals surface area contributed by atoms with E-state index >= 15 is 0 Å². The largest absolute Gasteiger partial charge is 0.501 e. The average molecular weight is 256 g/mol. The standard InChI is InChI=1S/C15H12O4/c1-3-5-9-6-7-12-10(8-9)13(17)14(18)15(19-12)11(16)4-2/h3-8,18H,2H2,1H3/b5-3+. The highest BCUT2D eigenvalue weighted by Gasteiger charge is 2.17. The number of fused-ring (bicyclic) bond motifs is 1. The second-order valence-electron chi connectivity index (χ2n) is 3.93. The molecule has 0 saturated carbocycles. The Morgan fingerprint density at radius 2 is 2.16 bits per heavy atom. The number of rotatable bonds is 3. The molecule has 2 rings (SSSR count). The summed E-state index contributed by atoms with van der Waals surface area (Å²) in [6.45, 7) is 5.15. The fraction of sp³-hybridized carbons (Fsp3) is 0.0667. The van der Waals surface area contributed by atoms with Crippen LogP contribution in [0.4, 0.5) is 0 Å². The van der Waals surface area contributed by atoms with Crippen molar-refractivity contribution in [2.75, 3.05) is 0 Å². The monoisotopic (exact) mass is 256 g/mol. The molecule has 0 saturated heterocycles. The van der Waals surface area contributed by atoms with E-state index in [0.717, 1.165) is 11.6 Å². The SMILES string of the molecule is C=CC(=O)c1oc2ccc(/C=C/C)cc2c(=O)c1O. The van der Waals surface area contributed by atoms with Gasteiger partial charge in [0.15, 0.2) is 0 Å². The van der Waals surface area contributed by atoms with Crippen LogP contribution in [0, 0.1) is 0 Å². The van der Waals surface area contributed by atoms with Crippen LogP contribution in [-0.4, -0.2) is 10.9 Å². The van der Waals surface area contributed by atoms with E-state index < -0.39 is 17.0 Å². The average Bonchev–Trinajstić information content (AvgIpc) is 2.42.